The number of aromatic nitrogens is 3. The lowest BCUT2D eigenvalue weighted by molar-refractivity contribution is -0.129. The normalized spacial score (nSPS) is 13.2. The minimum Gasteiger partial charge on any atom is -0.465 e. The monoisotopic (exact) mass is 413 g/mol. The van der Waals surface area contributed by atoms with Crippen LogP contribution in [0.2, 0.25) is 0 Å². The fraction of sp³-hybridized carbons (Fsp3) is 0.316. The number of nitrogens with zero attached hydrogens (tertiary/aromatic N) is 4. The lowest BCUT2D eigenvalue weighted by atomic mass is 10.0. The van der Waals surface area contributed by atoms with Gasteiger partial charge in [0.15, 0.2) is 0 Å². The van der Waals surface area contributed by atoms with Crippen LogP contribution in [0, 0.1) is 0 Å². The van der Waals surface area contributed by atoms with E-state index in [1.807, 2.05) is 24.3 Å². The van der Waals surface area contributed by atoms with E-state index in [1.165, 1.54) is 30.1 Å². The number of para-hydroxylation sites is 1. The largest absolute Gasteiger partial charge is 0.465 e. The second kappa shape index (κ2) is 7.63. The van der Waals surface area contributed by atoms with Crippen molar-refractivity contribution in [2.45, 2.75) is 26.4 Å². The summed E-state index contributed by atoms with van der Waals surface area (Å²) in [6.45, 7) is 2.43. The molecule has 9 nitrogen and oxygen atoms in total. The third-order valence-corrected chi connectivity index (χ3v) is 5.99. The summed E-state index contributed by atoms with van der Waals surface area (Å²) in [6, 6.07) is 7.36. The van der Waals surface area contributed by atoms with Crippen LogP contribution in [0.1, 0.15) is 27.7 Å². The smallest absolute Gasteiger partial charge is 0.341 e. The van der Waals surface area contributed by atoms with Gasteiger partial charge in [-0.15, -0.1) is 16.4 Å². The molecule has 4 rings (SSSR count). The number of rotatable bonds is 4. The predicted octanol–water partition coefficient (Wildman–Crippen LogP) is 1.82. The molecule has 0 fully saturated rings. The molecule has 2 amide bonds. The van der Waals surface area contributed by atoms with Crippen LogP contribution in [0.15, 0.2) is 24.3 Å². The van der Waals surface area contributed by atoms with Gasteiger partial charge in [-0.1, -0.05) is 17.3 Å². The van der Waals surface area contributed by atoms with E-state index in [2.05, 4.69) is 15.6 Å². The molecule has 1 aromatic carbocycles. The summed E-state index contributed by atoms with van der Waals surface area (Å²) >= 11 is 1.30. The topological polar surface area (TPSA) is 106 Å². The van der Waals surface area contributed by atoms with Crippen LogP contribution in [-0.4, -0.2) is 51.3 Å². The number of anilines is 1. The number of amides is 2. The molecule has 1 N–H and O–H groups in total. The van der Waals surface area contributed by atoms with Crippen LogP contribution in [0.4, 0.5) is 5.00 Å². The van der Waals surface area contributed by atoms with Gasteiger partial charge in [0.25, 0.3) is 0 Å². The minimum atomic E-state index is -0.500. The molecule has 0 aliphatic carbocycles. The van der Waals surface area contributed by atoms with Crippen molar-refractivity contribution >= 4 is 45.2 Å². The van der Waals surface area contributed by atoms with E-state index in [0.717, 1.165) is 16.0 Å². The second-order valence-electron chi connectivity index (χ2n) is 6.67. The SMILES string of the molecule is COC(=O)c1c(NC(=O)Cn2nnc3ccccc32)sc2c1CCN(C(C)=O)C2. The van der Waals surface area contributed by atoms with Gasteiger partial charge in [-0.2, -0.15) is 0 Å². The molecule has 2 aromatic heterocycles. The van der Waals surface area contributed by atoms with Crippen LogP contribution < -0.4 is 5.32 Å². The summed E-state index contributed by atoms with van der Waals surface area (Å²) in [4.78, 5) is 39.3. The number of ether oxygens (including phenoxy) is 1. The maximum Gasteiger partial charge on any atom is 0.341 e. The zero-order valence-electron chi connectivity index (χ0n) is 16.0. The van der Waals surface area contributed by atoms with Gasteiger partial charge in [0.2, 0.25) is 11.8 Å². The number of esters is 1. The van der Waals surface area contributed by atoms with E-state index in [1.54, 1.807) is 4.90 Å². The molecule has 0 unspecified atom stereocenters. The van der Waals surface area contributed by atoms with Crippen molar-refractivity contribution in [1.29, 1.82) is 0 Å². The molecule has 0 spiro atoms. The van der Waals surface area contributed by atoms with Crippen molar-refractivity contribution in [3.05, 3.63) is 40.3 Å². The van der Waals surface area contributed by atoms with Crippen molar-refractivity contribution in [3.63, 3.8) is 0 Å². The Morgan fingerprint density at radius 3 is 2.83 bits per heavy atom. The molecular weight excluding hydrogens is 394 g/mol. The highest BCUT2D eigenvalue weighted by molar-refractivity contribution is 7.17. The van der Waals surface area contributed by atoms with Crippen molar-refractivity contribution in [1.82, 2.24) is 19.9 Å². The fourth-order valence-corrected chi connectivity index (χ4v) is 4.68. The van der Waals surface area contributed by atoms with Crippen LogP contribution in [0.25, 0.3) is 11.0 Å². The van der Waals surface area contributed by atoms with Gasteiger partial charge in [-0.3, -0.25) is 9.59 Å². The maximum absolute atomic E-state index is 12.7. The van der Waals surface area contributed by atoms with E-state index in [9.17, 15) is 14.4 Å². The van der Waals surface area contributed by atoms with Gasteiger partial charge in [0.1, 0.15) is 17.1 Å². The molecule has 10 heteroatoms. The van der Waals surface area contributed by atoms with Gasteiger partial charge >= 0.3 is 5.97 Å². The molecule has 0 radical (unpaired) electrons. The molecule has 150 valence electrons. The van der Waals surface area contributed by atoms with Crippen LogP contribution in [-0.2, 0) is 33.8 Å². The van der Waals surface area contributed by atoms with Gasteiger partial charge in [0.05, 0.1) is 24.7 Å². The predicted molar refractivity (Wildman–Crippen MR) is 107 cm³/mol. The van der Waals surface area contributed by atoms with Gasteiger partial charge in [-0.05, 0) is 24.1 Å². The zero-order chi connectivity index (χ0) is 20.5. The molecule has 1 aliphatic heterocycles. The Kier molecular flexibility index (Phi) is 5.01. The Balaban J connectivity index is 1.60. The van der Waals surface area contributed by atoms with Gasteiger partial charge in [0, 0.05) is 18.3 Å². The van der Waals surface area contributed by atoms with Crippen molar-refractivity contribution < 1.29 is 19.1 Å². The Bertz CT molecular complexity index is 1120. The van der Waals surface area contributed by atoms with Crippen LogP contribution in [0.3, 0.4) is 0 Å². The van der Waals surface area contributed by atoms with Crippen molar-refractivity contribution in [3.8, 4) is 0 Å². The van der Waals surface area contributed by atoms with Crippen molar-refractivity contribution in [2.75, 3.05) is 19.0 Å². The van der Waals surface area contributed by atoms with Crippen molar-refractivity contribution in [2.24, 2.45) is 0 Å². The molecule has 0 saturated carbocycles. The number of fused-ring (bicyclic) bond motifs is 2. The molecule has 1 aliphatic rings. The third-order valence-electron chi connectivity index (χ3n) is 4.86. The first-order valence-electron chi connectivity index (χ1n) is 9.04. The molecule has 29 heavy (non-hydrogen) atoms. The Morgan fingerprint density at radius 2 is 2.07 bits per heavy atom. The lowest BCUT2D eigenvalue weighted by Gasteiger charge is -2.25. The summed E-state index contributed by atoms with van der Waals surface area (Å²) in [5, 5.41) is 11.3. The Hall–Kier alpha value is -3.27. The minimum absolute atomic E-state index is 0.0210. The average Bonchev–Trinajstić information content (AvgIpc) is 3.27. The number of carbonyl (C=O) groups is 3. The molecule has 0 bridgehead atoms. The molecule has 0 atom stereocenters. The van der Waals surface area contributed by atoms with Crippen LogP contribution >= 0.6 is 11.3 Å². The number of carbonyl (C=O) groups excluding carboxylic acids is 3. The van der Waals surface area contributed by atoms with Gasteiger partial charge < -0.3 is 15.0 Å². The number of hydrogen-bond acceptors (Lipinski definition) is 7. The molecule has 0 saturated heterocycles. The quantitative estimate of drug-likeness (QED) is 0.654. The first-order chi connectivity index (χ1) is 14.0. The summed E-state index contributed by atoms with van der Waals surface area (Å²) in [5.41, 5.74) is 2.65. The number of hydrogen-bond donors (Lipinski definition) is 1. The number of nitrogens with one attached hydrogen (secondary N) is 1. The standard InChI is InChI=1S/C19H19N5O4S/c1-11(25)23-8-7-12-15(9-23)29-18(17(12)19(27)28-2)20-16(26)10-24-14-6-4-3-5-13(14)21-22-24/h3-6H,7-10H2,1-2H3,(H,20,26). The lowest BCUT2D eigenvalue weighted by Crippen LogP contribution is -2.33. The number of thiophene rings is 1. The third kappa shape index (κ3) is 3.58. The number of methoxy groups -OCH3 is 1. The van der Waals surface area contributed by atoms with E-state index in [4.69, 9.17) is 4.74 Å². The highest BCUT2D eigenvalue weighted by Crippen LogP contribution is 2.37. The zero-order valence-corrected chi connectivity index (χ0v) is 16.8. The number of benzene rings is 1. The summed E-state index contributed by atoms with van der Waals surface area (Å²) < 4.78 is 6.44. The molecule has 3 heterocycles. The van der Waals surface area contributed by atoms with E-state index < -0.39 is 5.97 Å². The Morgan fingerprint density at radius 1 is 1.28 bits per heavy atom. The van der Waals surface area contributed by atoms with E-state index in [0.29, 0.717) is 35.6 Å². The first kappa shape index (κ1) is 19.1. The summed E-state index contributed by atoms with van der Waals surface area (Å²) in [5.74, 6) is -0.847. The highest BCUT2D eigenvalue weighted by Gasteiger charge is 2.30. The van der Waals surface area contributed by atoms with Crippen LogP contribution in [0.5, 0.6) is 0 Å². The van der Waals surface area contributed by atoms with E-state index >= 15 is 0 Å². The summed E-state index contributed by atoms with van der Waals surface area (Å²) in [6.07, 6.45) is 0.541. The molecule has 3 aromatic rings. The average molecular weight is 413 g/mol. The second-order valence-corrected chi connectivity index (χ2v) is 7.78. The Labute approximate surface area is 170 Å². The van der Waals surface area contributed by atoms with Gasteiger partial charge in [-0.25, -0.2) is 9.48 Å². The first-order valence-corrected chi connectivity index (χ1v) is 9.86. The van der Waals surface area contributed by atoms with E-state index in [-0.39, 0.29) is 18.4 Å². The fourth-order valence-electron chi connectivity index (χ4n) is 3.41. The summed E-state index contributed by atoms with van der Waals surface area (Å²) in [7, 11) is 1.31. The molecular formula is C19H19N5O4S. The maximum atomic E-state index is 12.7. The highest BCUT2D eigenvalue weighted by atomic mass is 32.1.